The van der Waals surface area contributed by atoms with E-state index in [-0.39, 0.29) is 4.90 Å². The second kappa shape index (κ2) is 10.5. The van der Waals surface area contributed by atoms with Crippen LogP contribution in [-0.2, 0) is 21.0 Å². The molecule has 184 valence electrons. The Hall–Kier alpha value is -3.75. The molecule has 1 N–H and O–H groups in total. The number of ether oxygens (including phenoxy) is 2. The summed E-state index contributed by atoms with van der Waals surface area (Å²) < 4.78 is 35.1. The summed E-state index contributed by atoms with van der Waals surface area (Å²) >= 11 is 0. The molecule has 0 spiro atoms. The van der Waals surface area contributed by atoms with Crippen LogP contribution in [0.5, 0.6) is 11.6 Å². The Balaban J connectivity index is 1.36. The van der Waals surface area contributed by atoms with Crippen LogP contribution in [0.15, 0.2) is 90.1 Å². The molecular formula is C28H27N3O4S. The molecule has 0 bridgehead atoms. The third-order valence-electron chi connectivity index (χ3n) is 6.07. The molecule has 1 atom stereocenters. The van der Waals surface area contributed by atoms with Gasteiger partial charge >= 0.3 is 0 Å². The smallest absolute Gasteiger partial charge is 0.222 e. The van der Waals surface area contributed by atoms with Crippen LogP contribution >= 0.6 is 0 Å². The fourth-order valence-electron chi connectivity index (χ4n) is 4.14. The molecule has 4 aromatic rings. The molecule has 7 nitrogen and oxygen atoms in total. The lowest BCUT2D eigenvalue weighted by atomic mass is 9.99. The van der Waals surface area contributed by atoms with Gasteiger partial charge in [-0.2, -0.15) is 0 Å². The minimum atomic E-state index is -3.27. The number of rotatable bonds is 8. The molecule has 0 radical (unpaired) electrons. The zero-order chi connectivity index (χ0) is 25.0. The Morgan fingerprint density at radius 2 is 1.78 bits per heavy atom. The molecule has 1 aliphatic rings. The average Bonchev–Trinajstić information content (AvgIpc) is 3.40. The van der Waals surface area contributed by atoms with E-state index in [1.165, 1.54) is 18.4 Å². The summed E-state index contributed by atoms with van der Waals surface area (Å²) in [4.78, 5) is 9.39. The maximum absolute atomic E-state index is 11.8. The van der Waals surface area contributed by atoms with E-state index in [0.717, 1.165) is 47.6 Å². The van der Waals surface area contributed by atoms with Crippen molar-refractivity contribution in [2.24, 2.45) is 5.92 Å². The third-order valence-corrected chi connectivity index (χ3v) is 7.20. The number of aromatic nitrogens is 2. The third kappa shape index (κ3) is 5.90. The van der Waals surface area contributed by atoms with E-state index >= 15 is 0 Å². The van der Waals surface area contributed by atoms with Gasteiger partial charge in [-0.1, -0.05) is 30.3 Å². The van der Waals surface area contributed by atoms with Crippen molar-refractivity contribution in [3.63, 3.8) is 0 Å². The number of hydrogen-bond donors (Lipinski definition) is 1. The normalized spacial score (nSPS) is 15.5. The van der Waals surface area contributed by atoms with Crippen molar-refractivity contribution in [2.45, 2.75) is 17.7 Å². The first kappa shape index (κ1) is 24.0. The number of benzene rings is 2. The highest BCUT2D eigenvalue weighted by molar-refractivity contribution is 7.90. The highest BCUT2D eigenvalue weighted by Crippen LogP contribution is 2.31. The molecule has 2 aromatic heterocycles. The second-order valence-electron chi connectivity index (χ2n) is 8.89. The fraction of sp³-hybridized carbons (Fsp3) is 0.214. The number of anilines is 2. The summed E-state index contributed by atoms with van der Waals surface area (Å²) in [5.74, 6) is 2.13. The standard InChI is InChI=1S/C28H27N3O4S/c1-36(32,33)26-10-8-25(9-11-26)35-28-23(15-20-13-14-34-19-20)16-24(18-30-28)31-27-12-7-22(17-29-27)21-5-3-2-4-6-21/h2-12,16-18,20H,13-15,19H2,1H3,(H,29,31). The lowest BCUT2D eigenvalue weighted by Crippen LogP contribution is -2.07. The first-order valence-electron chi connectivity index (χ1n) is 11.8. The van der Waals surface area contributed by atoms with Crippen LogP contribution in [0.2, 0.25) is 0 Å². The number of pyridine rings is 2. The largest absolute Gasteiger partial charge is 0.439 e. The lowest BCUT2D eigenvalue weighted by Gasteiger charge is -2.15. The van der Waals surface area contributed by atoms with Crippen molar-refractivity contribution >= 4 is 21.3 Å². The van der Waals surface area contributed by atoms with E-state index in [4.69, 9.17) is 9.47 Å². The van der Waals surface area contributed by atoms with Gasteiger partial charge < -0.3 is 14.8 Å². The van der Waals surface area contributed by atoms with Gasteiger partial charge in [-0.25, -0.2) is 18.4 Å². The first-order chi connectivity index (χ1) is 17.4. The van der Waals surface area contributed by atoms with Gasteiger partial charge in [0.25, 0.3) is 0 Å². The maximum Gasteiger partial charge on any atom is 0.222 e. The first-order valence-corrected chi connectivity index (χ1v) is 13.7. The zero-order valence-corrected chi connectivity index (χ0v) is 20.7. The van der Waals surface area contributed by atoms with Gasteiger partial charge in [0.1, 0.15) is 11.6 Å². The maximum atomic E-state index is 11.8. The molecule has 3 heterocycles. The summed E-state index contributed by atoms with van der Waals surface area (Å²) in [6.07, 6.45) is 6.49. The Morgan fingerprint density at radius 1 is 0.972 bits per heavy atom. The lowest BCUT2D eigenvalue weighted by molar-refractivity contribution is 0.185. The minimum Gasteiger partial charge on any atom is -0.439 e. The van der Waals surface area contributed by atoms with E-state index in [9.17, 15) is 8.42 Å². The molecule has 0 aliphatic carbocycles. The topological polar surface area (TPSA) is 90.4 Å². The predicted octanol–water partition coefficient (Wildman–Crippen LogP) is 5.66. The monoisotopic (exact) mass is 501 g/mol. The average molecular weight is 502 g/mol. The Labute approximate surface area is 211 Å². The van der Waals surface area contributed by atoms with E-state index in [0.29, 0.717) is 24.2 Å². The molecule has 1 aliphatic heterocycles. The van der Waals surface area contributed by atoms with Crippen LogP contribution in [0.4, 0.5) is 11.5 Å². The summed E-state index contributed by atoms with van der Waals surface area (Å²) in [6.45, 7) is 1.47. The summed E-state index contributed by atoms with van der Waals surface area (Å²) in [6, 6.07) is 22.5. The van der Waals surface area contributed by atoms with Crippen molar-refractivity contribution in [3.8, 4) is 22.8 Å². The molecule has 2 aromatic carbocycles. The van der Waals surface area contributed by atoms with Crippen molar-refractivity contribution in [1.82, 2.24) is 9.97 Å². The zero-order valence-electron chi connectivity index (χ0n) is 19.9. The van der Waals surface area contributed by atoms with Gasteiger partial charge in [-0.3, -0.25) is 0 Å². The predicted molar refractivity (Wildman–Crippen MR) is 139 cm³/mol. The second-order valence-corrected chi connectivity index (χ2v) is 10.9. The van der Waals surface area contributed by atoms with Gasteiger partial charge in [0.05, 0.1) is 16.8 Å². The number of nitrogens with one attached hydrogen (secondary N) is 1. The minimum absolute atomic E-state index is 0.247. The molecule has 1 saturated heterocycles. The van der Waals surface area contributed by atoms with Crippen molar-refractivity contribution in [3.05, 3.63) is 90.8 Å². The van der Waals surface area contributed by atoms with Crippen LogP contribution in [0.25, 0.3) is 11.1 Å². The molecular weight excluding hydrogens is 474 g/mol. The fourth-order valence-corrected chi connectivity index (χ4v) is 4.77. The van der Waals surface area contributed by atoms with Crippen molar-refractivity contribution in [1.29, 1.82) is 0 Å². The van der Waals surface area contributed by atoms with Crippen LogP contribution in [0.1, 0.15) is 12.0 Å². The van der Waals surface area contributed by atoms with Crippen LogP contribution in [0.3, 0.4) is 0 Å². The van der Waals surface area contributed by atoms with Crippen LogP contribution in [0, 0.1) is 5.92 Å². The molecule has 0 amide bonds. The van der Waals surface area contributed by atoms with Crippen LogP contribution < -0.4 is 10.1 Å². The van der Waals surface area contributed by atoms with E-state index in [1.807, 2.05) is 42.6 Å². The summed E-state index contributed by atoms with van der Waals surface area (Å²) in [7, 11) is -3.27. The van der Waals surface area contributed by atoms with E-state index in [1.54, 1.807) is 18.3 Å². The van der Waals surface area contributed by atoms with Crippen molar-refractivity contribution in [2.75, 3.05) is 24.8 Å². The summed E-state index contributed by atoms with van der Waals surface area (Å²) in [5.41, 5.74) is 3.92. The van der Waals surface area contributed by atoms with E-state index < -0.39 is 9.84 Å². The number of hydrogen-bond acceptors (Lipinski definition) is 7. The molecule has 36 heavy (non-hydrogen) atoms. The van der Waals surface area contributed by atoms with Gasteiger partial charge in [0.2, 0.25) is 5.88 Å². The molecule has 8 heteroatoms. The highest BCUT2D eigenvalue weighted by atomic mass is 32.2. The van der Waals surface area contributed by atoms with Crippen molar-refractivity contribution < 1.29 is 17.9 Å². The Bertz CT molecular complexity index is 1420. The Kier molecular flexibility index (Phi) is 6.97. The molecule has 1 unspecified atom stereocenters. The SMILES string of the molecule is CS(=O)(=O)c1ccc(Oc2ncc(Nc3ccc(-c4ccccc4)cn3)cc2CC2CCOC2)cc1. The van der Waals surface area contributed by atoms with Gasteiger partial charge in [-0.05, 0) is 66.8 Å². The van der Waals surface area contributed by atoms with Gasteiger partial charge in [-0.15, -0.1) is 0 Å². The van der Waals surface area contributed by atoms with E-state index in [2.05, 4.69) is 27.4 Å². The summed E-state index contributed by atoms with van der Waals surface area (Å²) in [5, 5.41) is 3.34. The highest BCUT2D eigenvalue weighted by Gasteiger charge is 2.20. The molecule has 1 fully saturated rings. The number of sulfone groups is 1. The van der Waals surface area contributed by atoms with Gasteiger partial charge in [0, 0.05) is 36.8 Å². The number of nitrogens with zero attached hydrogens (tertiary/aromatic N) is 2. The Morgan fingerprint density at radius 3 is 2.44 bits per heavy atom. The van der Waals surface area contributed by atoms with Gasteiger partial charge in [0.15, 0.2) is 9.84 Å². The van der Waals surface area contributed by atoms with Crippen LogP contribution in [-0.4, -0.2) is 37.9 Å². The molecule has 5 rings (SSSR count). The molecule has 0 saturated carbocycles. The quantitative estimate of drug-likeness (QED) is 0.333.